The number of benzene rings is 2. The van der Waals surface area contributed by atoms with Crippen molar-refractivity contribution in [3.05, 3.63) is 54.1 Å². The zero-order valence-corrected chi connectivity index (χ0v) is 15.7. The van der Waals surface area contributed by atoms with Gasteiger partial charge in [-0.3, -0.25) is 9.69 Å². The standard InChI is InChI=1S/C19H22F2N2O2S/c1-13(23(2)12-14-4-10-17(26-3)11-5-14)18(24)22-15-6-8-16(9-7-15)25-19(20)21/h4-11,13,19H,12H2,1-3H3,(H,22,24)/t13-/m0/s1. The van der Waals surface area contributed by atoms with Crippen LogP contribution in [0.15, 0.2) is 53.4 Å². The van der Waals surface area contributed by atoms with Gasteiger partial charge in [0, 0.05) is 17.1 Å². The van der Waals surface area contributed by atoms with Crippen LogP contribution in [-0.2, 0) is 11.3 Å². The Morgan fingerprint density at radius 1 is 1.15 bits per heavy atom. The Kier molecular flexibility index (Phi) is 7.41. The molecule has 140 valence electrons. The van der Waals surface area contributed by atoms with Gasteiger partial charge in [0.05, 0.1) is 6.04 Å². The lowest BCUT2D eigenvalue weighted by Crippen LogP contribution is -2.39. The molecule has 0 aliphatic heterocycles. The van der Waals surface area contributed by atoms with Crippen LogP contribution in [0.4, 0.5) is 14.5 Å². The van der Waals surface area contributed by atoms with Crippen LogP contribution in [0.2, 0.25) is 0 Å². The van der Waals surface area contributed by atoms with Gasteiger partial charge in [0.2, 0.25) is 5.91 Å². The predicted octanol–water partition coefficient (Wildman–Crippen LogP) is 4.47. The molecular formula is C19H22F2N2O2S. The Hall–Kier alpha value is -2.12. The number of carbonyl (C=O) groups excluding carboxylic acids is 1. The fraction of sp³-hybridized carbons (Fsp3) is 0.316. The molecule has 0 spiro atoms. The van der Waals surface area contributed by atoms with Crippen molar-refractivity contribution in [3.63, 3.8) is 0 Å². The second-order valence-corrected chi connectivity index (χ2v) is 6.71. The number of anilines is 1. The van der Waals surface area contributed by atoms with E-state index in [1.165, 1.54) is 29.2 Å². The Labute approximate surface area is 156 Å². The lowest BCUT2D eigenvalue weighted by Gasteiger charge is -2.24. The van der Waals surface area contributed by atoms with Gasteiger partial charge >= 0.3 is 6.61 Å². The van der Waals surface area contributed by atoms with E-state index >= 15 is 0 Å². The third-order valence-corrected chi connectivity index (χ3v) is 4.72. The maximum Gasteiger partial charge on any atom is 0.387 e. The van der Waals surface area contributed by atoms with Crippen LogP contribution < -0.4 is 10.1 Å². The number of ether oxygens (including phenoxy) is 1. The Morgan fingerprint density at radius 2 is 1.77 bits per heavy atom. The summed E-state index contributed by atoms with van der Waals surface area (Å²) in [7, 11) is 1.88. The number of likely N-dealkylation sites (N-methyl/N-ethyl adjacent to an activating group) is 1. The molecule has 0 heterocycles. The van der Waals surface area contributed by atoms with E-state index in [-0.39, 0.29) is 17.7 Å². The molecule has 0 unspecified atom stereocenters. The van der Waals surface area contributed by atoms with Crippen molar-refractivity contribution in [2.75, 3.05) is 18.6 Å². The number of nitrogens with one attached hydrogen (secondary N) is 1. The first kappa shape index (κ1) is 20.2. The normalized spacial score (nSPS) is 12.3. The van der Waals surface area contributed by atoms with Crippen LogP contribution in [0.5, 0.6) is 5.75 Å². The third kappa shape index (κ3) is 6.00. The van der Waals surface area contributed by atoms with E-state index in [0.29, 0.717) is 12.2 Å². The maximum absolute atomic E-state index is 12.4. The summed E-state index contributed by atoms with van der Waals surface area (Å²) < 4.78 is 28.6. The first-order valence-electron chi connectivity index (χ1n) is 8.08. The van der Waals surface area contributed by atoms with E-state index in [0.717, 1.165) is 5.56 Å². The predicted molar refractivity (Wildman–Crippen MR) is 101 cm³/mol. The average molecular weight is 380 g/mol. The van der Waals surface area contributed by atoms with Gasteiger partial charge in [0.1, 0.15) is 5.75 Å². The van der Waals surface area contributed by atoms with Gasteiger partial charge in [-0.05, 0) is 62.2 Å². The molecule has 0 radical (unpaired) electrons. The van der Waals surface area contributed by atoms with Crippen LogP contribution in [0.1, 0.15) is 12.5 Å². The van der Waals surface area contributed by atoms with E-state index < -0.39 is 6.61 Å². The Morgan fingerprint density at radius 3 is 2.31 bits per heavy atom. The summed E-state index contributed by atoms with van der Waals surface area (Å²) in [6, 6.07) is 13.7. The van der Waals surface area contributed by atoms with Crippen molar-refractivity contribution in [2.24, 2.45) is 0 Å². The van der Waals surface area contributed by atoms with Crippen molar-refractivity contribution >= 4 is 23.4 Å². The SMILES string of the molecule is CSc1ccc(CN(C)[C@@H](C)C(=O)Nc2ccc(OC(F)F)cc2)cc1. The van der Waals surface area contributed by atoms with E-state index in [1.807, 2.05) is 25.1 Å². The molecule has 26 heavy (non-hydrogen) atoms. The summed E-state index contributed by atoms with van der Waals surface area (Å²) in [5.41, 5.74) is 1.65. The van der Waals surface area contributed by atoms with Crippen molar-refractivity contribution in [1.82, 2.24) is 4.90 Å². The molecular weight excluding hydrogens is 358 g/mol. The number of alkyl halides is 2. The van der Waals surface area contributed by atoms with Gasteiger partial charge in [-0.15, -0.1) is 11.8 Å². The molecule has 0 aromatic heterocycles. The van der Waals surface area contributed by atoms with E-state index in [4.69, 9.17) is 0 Å². The zero-order valence-electron chi connectivity index (χ0n) is 14.9. The highest BCUT2D eigenvalue weighted by atomic mass is 32.2. The van der Waals surface area contributed by atoms with E-state index in [9.17, 15) is 13.6 Å². The maximum atomic E-state index is 12.4. The lowest BCUT2D eigenvalue weighted by atomic mass is 10.2. The number of amides is 1. The van der Waals surface area contributed by atoms with Gasteiger partial charge < -0.3 is 10.1 Å². The number of hydrogen-bond acceptors (Lipinski definition) is 4. The Balaban J connectivity index is 1.90. The molecule has 1 amide bonds. The molecule has 2 aromatic rings. The van der Waals surface area contributed by atoms with Gasteiger partial charge in [0.25, 0.3) is 0 Å². The van der Waals surface area contributed by atoms with E-state index in [2.05, 4.69) is 34.3 Å². The summed E-state index contributed by atoms with van der Waals surface area (Å²) in [4.78, 5) is 15.5. The highest BCUT2D eigenvalue weighted by Crippen LogP contribution is 2.19. The quantitative estimate of drug-likeness (QED) is 0.686. The summed E-state index contributed by atoms with van der Waals surface area (Å²) in [5.74, 6) is -0.118. The number of carbonyl (C=O) groups is 1. The minimum atomic E-state index is -2.87. The number of hydrogen-bond donors (Lipinski definition) is 1. The van der Waals surface area contributed by atoms with Crippen molar-refractivity contribution < 1.29 is 18.3 Å². The van der Waals surface area contributed by atoms with Gasteiger partial charge in [-0.1, -0.05) is 12.1 Å². The lowest BCUT2D eigenvalue weighted by molar-refractivity contribution is -0.120. The highest BCUT2D eigenvalue weighted by molar-refractivity contribution is 7.98. The van der Waals surface area contributed by atoms with Gasteiger partial charge in [-0.2, -0.15) is 8.78 Å². The summed E-state index contributed by atoms with van der Waals surface area (Å²) in [6.45, 7) is -0.404. The molecule has 2 rings (SSSR count). The number of thioether (sulfide) groups is 1. The summed E-state index contributed by atoms with van der Waals surface area (Å²) in [6.07, 6.45) is 2.03. The monoisotopic (exact) mass is 380 g/mol. The molecule has 7 heteroatoms. The largest absolute Gasteiger partial charge is 0.435 e. The second-order valence-electron chi connectivity index (χ2n) is 5.83. The first-order chi connectivity index (χ1) is 12.4. The fourth-order valence-electron chi connectivity index (χ4n) is 2.32. The average Bonchev–Trinajstić information content (AvgIpc) is 2.62. The van der Waals surface area contributed by atoms with Crippen LogP contribution in [0.3, 0.4) is 0 Å². The van der Waals surface area contributed by atoms with Gasteiger partial charge in [-0.25, -0.2) is 0 Å². The van der Waals surface area contributed by atoms with Crippen molar-refractivity contribution in [3.8, 4) is 5.75 Å². The van der Waals surface area contributed by atoms with Crippen LogP contribution in [0.25, 0.3) is 0 Å². The molecule has 0 aliphatic carbocycles. The van der Waals surface area contributed by atoms with Crippen molar-refractivity contribution in [1.29, 1.82) is 0 Å². The minimum Gasteiger partial charge on any atom is -0.435 e. The smallest absolute Gasteiger partial charge is 0.387 e. The molecule has 0 fully saturated rings. The second kappa shape index (κ2) is 9.54. The third-order valence-electron chi connectivity index (χ3n) is 3.98. The number of nitrogens with zero attached hydrogens (tertiary/aromatic N) is 1. The fourth-order valence-corrected chi connectivity index (χ4v) is 2.73. The summed E-state index contributed by atoms with van der Waals surface area (Å²) >= 11 is 1.68. The molecule has 0 bridgehead atoms. The number of halogens is 2. The highest BCUT2D eigenvalue weighted by Gasteiger charge is 2.18. The molecule has 2 aromatic carbocycles. The topological polar surface area (TPSA) is 41.6 Å². The summed E-state index contributed by atoms with van der Waals surface area (Å²) in [5, 5.41) is 2.78. The van der Waals surface area contributed by atoms with E-state index in [1.54, 1.807) is 11.8 Å². The first-order valence-corrected chi connectivity index (χ1v) is 9.30. The molecule has 1 N–H and O–H groups in total. The Bertz CT molecular complexity index is 708. The van der Waals surface area contributed by atoms with Gasteiger partial charge in [0.15, 0.2) is 0 Å². The molecule has 0 saturated carbocycles. The van der Waals surface area contributed by atoms with Crippen LogP contribution in [0, 0.1) is 0 Å². The molecule has 0 saturated heterocycles. The molecule has 1 atom stereocenters. The van der Waals surface area contributed by atoms with Crippen LogP contribution in [-0.4, -0.2) is 36.8 Å². The molecule has 0 aliphatic rings. The molecule has 4 nitrogen and oxygen atoms in total. The van der Waals surface area contributed by atoms with Crippen LogP contribution >= 0.6 is 11.8 Å². The zero-order chi connectivity index (χ0) is 19.1. The number of rotatable bonds is 8. The van der Waals surface area contributed by atoms with Crippen molar-refractivity contribution in [2.45, 2.75) is 31.0 Å². The minimum absolute atomic E-state index is 0.0526.